The molecule has 0 unspecified atom stereocenters. The number of aryl methyl sites for hydroxylation is 1. The summed E-state index contributed by atoms with van der Waals surface area (Å²) in [5.74, 6) is -0.00189. The number of rotatable bonds is 10. The van der Waals surface area contributed by atoms with E-state index in [2.05, 4.69) is 20.5 Å². The van der Waals surface area contributed by atoms with Crippen LogP contribution in [0.4, 0.5) is 0 Å². The number of benzene rings is 3. The van der Waals surface area contributed by atoms with E-state index in [1.807, 2.05) is 81.4 Å². The fraction of sp³-hybridized carbons (Fsp3) is 0.310. The summed E-state index contributed by atoms with van der Waals surface area (Å²) in [6.45, 7) is 7.89. The minimum atomic E-state index is -0.666. The Balaban J connectivity index is 1.83. The van der Waals surface area contributed by atoms with E-state index in [0.717, 1.165) is 27.4 Å². The molecule has 35 heavy (non-hydrogen) atoms. The van der Waals surface area contributed by atoms with E-state index in [4.69, 9.17) is 9.47 Å². The molecule has 4 rings (SSSR count). The van der Waals surface area contributed by atoms with Crippen LogP contribution in [0, 0.1) is 6.92 Å². The first kappa shape index (κ1) is 25.3. The molecule has 0 saturated heterocycles. The molecular weight excluding hydrogens is 506 g/mol. The number of aromatic nitrogens is 1. The lowest BCUT2D eigenvalue weighted by atomic mass is 9.96. The quantitative estimate of drug-likeness (QED) is 0.135. The minimum absolute atomic E-state index is 0.00957. The first-order chi connectivity index (χ1) is 16.7. The van der Waals surface area contributed by atoms with Crippen molar-refractivity contribution in [3.8, 4) is 0 Å². The average Bonchev–Trinajstić information content (AvgIpc) is 3.15. The van der Waals surface area contributed by atoms with Gasteiger partial charge in [0.2, 0.25) is 0 Å². The Labute approximate surface area is 214 Å². The Hall–Kier alpha value is -2.80. The highest BCUT2D eigenvalue weighted by Crippen LogP contribution is 2.33. The highest BCUT2D eigenvalue weighted by Gasteiger charge is 2.26. The zero-order valence-corrected chi connectivity index (χ0v) is 22.1. The number of alkyl halides is 1. The van der Waals surface area contributed by atoms with Crippen molar-refractivity contribution in [1.29, 1.82) is 0 Å². The molecule has 1 aromatic heterocycles. The summed E-state index contributed by atoms with van der Waals surface area (Å²) in [5, 5.41) is 1.89. The summed E-state index contributed by atoms with van der Waals surface area (Å²) >= 11 is 3.49. The van der Waals surface area contributed by atoms with Crippen LogP contribution in [0.5, 0.6) is 0 Å². The second-order valence-electron chi connectivity index (χ2n) is 9.17. The van der Waals surface area contributed by atoms with Crippen LogP contribution in [0.2, 0.25) is 0 Å². The fourth-order valence-corrected chi connectivity index (χ4v) is 4.58. The predicted octanol–water partition coefficient (Wildman–Crippen LogP) is 6.35. The highest BCUT2D eigenvalue weighted by atomic mass is 79.9. The number of ketones is 2. The van der Waals surface area contributed by atoms with Gasteiger partial charge in [-0.2, -0.15) is 0 Å². The predicted molar refractivity (Wildman–Crippen MR) is 144 cm³/mol. The topological polar surface area (TPSA) is 57.5 Å². The third-order valence-electron chi connectivity index (χ3n) is 6.21. The summed E-state index contributed by atoms with van der Waals surface area (Å²) in [4.78, 5) is 26.3. The number of Topliss-reactive ketones (excluding diaryl/α,β-unsaturated/α-hetero) is 1. The summed E-state index contributed by atoms with van der Waals surface area (Å²) in [6, 6.07) is 19.2. The molecule has 0 atom stereocenters. The summed E-state index contributed by atoms with van der Waals surface area (Å²) in [5.41, 5.74) is 4.89. The third-order valence-corrected chi connectivity index (χ3v) is 6.57. The lowest BCUT2D eigenvalue weighted by Gasteiger charge is -2.14. The minimum Gasteiger partial charge on any atom is -0.382 e. The van der Waals surface area contributed by atoms with Gasteiger partial charge in [-0.05, 0) is 62.7 Å². The number of nitrogens with zero attached hydrogens (tertiary/aromatic N) is 1. The molecule has 182 valence electrons. The van der Waals surface area contributed by atoms with Gasteiger partial charge in [-0.15, -0.1) is 0 Å². The third kappa shape index (κ3) is 5.25. The molecule has 0 radical (unpaired) electrons. The van der Waals surface area contributed by atoms with Gasteiger partial charge in [0.25, 0.3) is 0 Å². The Morgan fingerprint density at radius 2 is 1.51 bits per heavy atom. The number of ether oxygens (including phenoxy) is 2. The van der Waals surface area contributed by atoms with E-state index < -0.39 is 4.32 Å². The smallest absolute Gasteiger partial charge is 0.193 e. The van der Waals surface area contributed by atoms with Crippen LogP contribution in [0.15, 0.2) is 60.7 Å². The summed E-state index contributed by atoms with van der Waals surface area (Å²) in [6.07, 6.45) is 0. The number of carbonyl (C=O) groups is 2. The van der Waals surface area contributed by atoms with E-state index in [1.54, 1.807) is 7.11 Å². The number of hydrogen-bond donors (Lipinski definition) is 0. The molecule has 0 N–H and O–H groups in total. The first-order valence-electron chi connectivity index (χ1n) is 11.7. The van der Waals surface area contributed by atoms with Crippen LogP contribution in [0.3, 0.4) is 0 Å². The van der Waals surface area contributed by atoms with Crippen molar-refractivity contribution in [3.63, 3.8) is 0 Å². The van der Waals surface area contributed by atoms with Gasteiger partial charge in [-0.25, -0.2) is 0 Å². The molecule has 1 heterocycles. The molecule has 4 aromatic rings. The highest BCUT2D eigenvalue weighted by molar-refractivity contribution is 9.10. The molecule has 0 aliphatic heterocycles. The Morgan fingerprint density at radius 3 is 2.14 bits per heavy atom. The lowest BCUT2D eigenvalue weighted by molar-refractivity contribution is 0.0673. The Bertz CT molecular complexity index is 1400. The Kier molecular flexibility index (Phi) is 7.55. The zero-order valence-electron chi connectivity index (χ0n) is 20.6. The van der Waals surface area contributed by atoms with Crippen molar-refractivity contribution in [2.24, 2.45) is 0 Å². The molecule has 0 amide bonds. The van der Waals surface area contributed by atoms with E-state index in [9.17, 15) is 9.59 Å². The van der Waals surface area contributed by atoms with Gasteiger partial charge in [0.15, 0.2) is 11.6 Å². The maximum atomic E-state index is 13.3. The molecule has 0 aliphatic rings. The average molecular weight is 536 g/mol. The first-order valence-corrected chi connectivity index (χ1v) is 12.5. The monoisotopic (exact) mass is 535 g/mol. The number of carbonyl (C=O) groups excluding carboxylic acids is 2. The van der Waals surface area contributed by atoms with Gasteiger partial charge in [-0.1, -0.05) is 40.2 Å². The van der Waals surface area contributed by atoms with Gasteiger partial charge in [0.05, 0.1) is 24.1 Å². The number of methoxy groups -OCH3 is 1. The van der Waals surface area contributed by atoms with Crippen molar-refractivity contribution in [1.82, 2.24) is 4.57 Å². The Morgan fingerprint density at radius 1 is 0.886 bits per heavy atom. The summed E-state index contributed by atoms with van der Waals surface area (Å²) < 4.78 is 12.3. The van der Waals surface area contributed by atoms with Crippen LogP contribution in [-0.2, 0) is 16.0 Å². The van der Waals surface area contributed by atoms with Gasteiger partial charge in [0, 0.05) is 52.2 Å². The van der Waals surface area contributed by atoms with Crippen LogP contribution in [-0.4, -0.2) is 47.4 Å². The van der Waals surface area contributed by atoms with Crippen LogP contribution in [0.1, 0.15) is 45.7 Å². The van der Waals surface area contributed by atoms with E-state index in [-0.39, 0.29) is 11.6 Å². The number of halogens is 1. The molecular formula is C29H30BrNO4. The molecule has 0 aliphatic carbocycles. The van der Waals surface area contributed by atoms with Crippen LogP contribution in [0.25, 0.3) is 21.8 Å². The second kappa shape index (κ2) is 10.4. The SMILES string of the molecule is COCCOCCn1c2ccc(C(=O)c3ccccc3C)cc2c2cc(C(=O)C(C)(C)Br)ccc21. The van der Waals surface area contributed by atoms with Gasteiger partial charge in [0.1, 0.15) is 0 Å². The number of fused-ring (bicyclic) bond motifs is 3. The van der Waals surface area contributed by atoms with Crippen molar-refractivity contribution in [2.45, 2.75) is 31.6 Å². The van der Waals surface area contributed by atoms with Crippen LogP contribution < -0.4 is 0 Å². The van der Waals surface area contributed by atoms with Crippen molar-refractivity contribution in [2.75, 3.05) is 26.9 Å². The standard InChI is InChI=1S/C29H30BrNO4/c1-19-7-5-6-8-22(19)27(32)20-9-11-25-23(17-20)24-18-21(28(33)29(2,3)30)10-12-26(24)31(25)13-14-35-16-15-34-4/h5-12,17-18H,13-16H2,1-4H3. The van der Waals surface area contributed by atoms with Gasteiger partial charge in [-0.3, -0.25) is 9.59 Å². The van der Waals surface area contributed by atoms with Crippen LogP contribution >= 0.6 is 15.9 Å². The van der Waals surface area contributed by atoms with Crippen molar-refractivity contribution < 1.29 is 19.1 Å². The second-order valence-corrected chi connectivity index (χ2v) is 11.1. The normalized spacial score (nSPS) is 11.9. The molecule has 0 fully saturated rings. The van der Waals surface area contributed by atoms with Gasteiger partial charge >= 0.3 is 0 Å². The maximum Gasteiger partial charge on any atom is 0.193 e. The molecule has 3 aromatic carbocycles. The molecule has 5 nitrogen and oxygen atoms in total. The van der Waals surface area contributed by atoms with Gasteiger partial charge < -0.3 is 14.0 Å². The van der Waals surface area contributed by atoms with Crippen molar-refractivity contribution >= 4 is 49.3 Å². The fourth-order valence-electron chi connectivity index (χ4n) is 4.35. The molecule has 0 bridgehead atoms. The lowest BCUT2D eigenvalue weighted by Crippen LogP contribution is -2.23. The van der Waals surface area contributed by atoms with E-state index in [0.29, 0.717) is 43.1 Å². The largest absolute Gasteiger partial charge is 0.382 e. The molecule has 0 spiro atoms. The molecule has 0 saturated carbocycles. The van der Waals surface area contributed by atoms with Crippen molar-refractivity contribution in [3.05, 3.63) is 82.9 Å². The molecule has 6 heteroatoms. The zero-order chi connectivity index (χ0) is 25.2. The maximum absolute atomic E-state index is 13.3. The van der Waals surface area contributed by atoms with E-state index >= 15 is 0 Å². The van der Waals surface area contributed by atoms with E-state index in [1.165, 1.54) is 0 Å². The summed E-state index contributed by atoms with van der Waals surface area (Å²) in [7, 11) is 1.65. The number of hydrogen-bond acceptors (Lipinski definition) is 4.